The minimum absolute atomic E-state index is 0.653. The molecule has 0 bridgehead atoms. The highest BCUT2D eigenvalue weighted by Gasteiger charge is 2.10. The molecule has 0 aliphatic heterocycles. The molecule has 1 aromatic carbocycles. The maximum absolute atomic E-state index is 10.1. The number of nitrogens with one attached hydrogen (secondary N) is 1. The molecule has 1 heterocycles. The molecule has 3 heteroatoms. The van der Waals surface area contributed by atoms with Gasteiger partial charge in [-0.2, -0.15) is 0 Å². The maximum Gasteiger partial charge on any atom is 0.121 e. The Morgan fingerprint density at radius 2 is 1.94 bits per heavy atom. The van der Waals surface area contributed by atoms with Crippen molar-refractivity contribution in [3.05, 3.63) is 65.5 Å². The molecule has 3 nitrogen and oxygen atoms in total. The Kier molecular flexibility index (Phi) is 3.85. The molecular weight excluding hydrogens is 212 g/mol. The van der Waals surface area contributed by atoms with Gasteiger partial charge in [0, 0.05) is 12.7 Å². The summed E-state index contributed by atoms with van der Waals surface area (Å²) in [7, 11) is 1.91. The van der Waals surface area contributed by atoms with Gasteiger partial charge < -0.3 is 10.4 Å². The van der Waals surface area contributed by atoms with E-state index in [0.717, 1.165) is 12.1 Å². The Hall–Kier alpha value is -1.71. The molecule has 0 amide bonds. The topological polar surface area (TPSA) is 45.1 Å². The fraction of sp³-hybridized carbons (Fsp3) is 0.214. The number of aromatic nitrogens is 1. The average Bonchev–Trinajstić information content (AvgIpc) is 2.40. The van der Waals surface area contributed by atoms with Crippen molar-refractivity contribution in [3.63, 3.8) is 0 Å². The summed E-state index contributed by atoms with van der Waals surface area (Å²) in [6, 6.07) is 13.4. The van der Waals surface area contributed by atoms with Gasteiger partial charge in [-0.25, -0.2) is 0 Å². The number of benzene rings is 1. The van der Waals surface area contributed by atoms with Crippen LogP contribution < -0.4 is 5.32 Å². The number of aliphatic hydroxyl groups excluding tert-OH is 1. The van der Waals surface area contributed by atoms with Gasteiger partial charge in [0.25, 0.3) is 0 Å². The summed E-state index contributed by atoms with van der Waals surface area (Å²) in [5, 5.41) is 13.2. The van der Waals surface area contributed by atoms with Crippen molar-refractivity contribution in [2.45, 2.75) is 12.6 Å². The van der Waals surface area contributed by atoms with Gasteiger partial charge >= 0.3 is 0 Å². The molecule has 88 valence electrons. The zero-order valence-electron chi connectivity index (χ0n) is 9.80. The second-order valence-corrected chi connectivity index (χ2v) is 3.93. The van der Waals surface area contributed by atoms with Gasteiger partial charge in [-0.15, -0.1) is 0 Å². The van der Waals surface area contributed by atoms with E-state index < -0.39 is 6.10 Å². The van der Waals surface area contributed by atoms with E-state index in [1.807, 2.05) is 49.5 Å². The first kappa shape index (κ1) is 11.8. The molecule has 0 fully saturated rings. The smallest absolute Gasteiger partial charge is 0.121 e. The maximum atomic E-state index is 10.1. The van der Waals surface area contributed by atoms with Gasteiger partial charge in [-0.3, -0.25) is 4.98 Å². The van der Waals surface area contributed by atoms with E-state index >= 15 is 0 Å². The van der Waals surface area contributed by atoms with E-state index in [2.05, 4.69) is 10.3 Å². The van der Waals surface area contributed by atoms with Crippen LogP contribution >= 0.6 is 0 Å². The molecule has 0 saturated carbocycles. The Morgan fingerprint density at radius 3 is 2.53 bits per heavy atom. The largest absolute Gasteiger partial charge is 0.382 e. The standard InChI is InChI=1S/C14H16N2O/c1-15-10-11-5-7-12(8-6-11)14(17)13-4-2-3-9-16-13/h2-9,14-15,17H,10H2,1H3. The lowest BCUT2D eigenvalue weighted by Crippen LogP contribution is -2.06. The van der Waals surface area contributed by atoms with E-state index in [4.69, 9.17) is 0 Å². The van der Waals surface area contributed by atoms with Gasteiger partial charge in [-0.05, 0) is 30.3 Å². The van der Waals surface area contributed by atoms with Crippen molar-refractivity contribution in [1.29, 1.82) is 0 Å². The van der Waals surface area contributed by atoms with Gasteiger partial charge in [0.05, 0.1) is 5.69 Å². The van der Waals surface area contributed by atoms with E-state index in [1.165, 1.54) is 5.56 Å². The molecule has 0 aliphatic rings. The van der Waals surface area contributed by atoms with Crippen molar-refractivity contribution in [1.82, 2.24) is 10.3 Å². The molecule has 1 aromatic heterocycles. The monoisotopic (exact) mass is 228 g/mol. The first-order valence-electron chi connectivity index (χ1n) is 5.63. The number of hydrogen-bond donors (Lipinski definition) is 2. The van der Waals surface area contributed by atoms with Gasteiger partial charge in [0.2, 0.25) is 0 Å². The summed E-state index contributed by atoms with van der Waals surface area (Å²) >= 11 is 0. The van der Waals surface area contributed by atoms with Crippen LogP contribution in [-0.4, -0.2) is 17.1 Å². The minimum Gasteiger partial charge on any atom is -0.382 e. The summed E-state index contributed by atoms with van der Waals surface area (Å²) in [5.74, 6) is 0. The van der Waals surface area contributed by atoms with Crippen LogP contribution in [0.1, 0.15) is 22.9 Å². The van der Waals surface area contributed by atoms with E-state index in [0.29, 0.717) is 5.69 Å². The lowest BCUT2D eigenvalue weighted by atomic mass is 10.0. The summed E-state index contributed by atoms with van der Waals surface area (Å²) in [4.78, 5) is 4.15. The third-order valence-electron chi connectivity index (χ3n) is 2.64. The summed E-state index contributed by atoms with van der Waals surface area (Å²) in [6.07, 6.45) is 1.04. The summed E-state index contributed by atoms with van der Waals surface area (Å²) in [6.45, 7) is 0.833. The molecule has 1 unspecified atom stereocenters. The second-order valence-electron chi connectivity index (χ2n) is 3.93. The normalized spacial score (nSPS) is 12.4. The highest BCUT2D eigenvalue weighted by Crippen LogP contribution is 2.19. The second kappa shape index (κ2) is 5.57. The van der Waals surface area contributed by atoms with Gasteiger partial charge in [0.1, 0.15) is 6.10 Å². The van der Waals surface area contributed by atoms with Crippen LogP contribution in [0.5, 0.6) is 0 Å². The van der Waals surface area contributed by atoms with E-state index in [-0.39, 0.29) is 0 Å². The molecule has 2 rings (SSSR count). The molecule has 1 atom stereocenters. The molecule has 2 N–H and O–H groups in total. The van der Waals surface area contributed by atoms with Gasteiger partial charge in [0.15, 0.2) is 0 Å². The van der Waals surface area contributed by atoms with Crippen molar-refractivity contribution in [3.8, 4) is 0 Å². The fourth-order valence-electron chi connectivity index (χ4n) is 1.73. The lowest BCUT2D eigenvalue weighted by Gasteiger charge is -2.10. The third-order valence-corrected chi connectivity index (χ3v) is 2.64. The highest BCUT2D eigenvalue weighted by atomic mass is 16.3. The van der Waals surface area contributed by atoms with Crippen LogP contribution in [0.3, 0.4) is 0 Å². The quantitative estimate of drug-likeness (QED) is 0.840. The Balaban J connectivity index is 2.17. The number of aliphatic hydroxyl groups is 1. The van der Waals surface area contributed by atoms with Crippen molar-refractivity contribution in [2.75, 3.05) is 7.05 Å². The van der Waals surface area contributed by atoms with Crippen molar-refractivity contribution >= 4 is 0 Å². The van der Waals surface area contributed by atoms with E-state index in [1.54, 1.807) is 6.20 Å². The number of pyridine rings is 1. The van der Waals surface area contributed by atoms with E-state index in [9.17, 15) is 5.11 Å². The SMILES string of the molecule is CNCc1ccc(C(O)c2ccccn2)cc1. The van der Waals surface area contributed by atoms with Crippen LogP contribution in [0.25, 0.3) is 0 Å². The van der Waals surface area contributed by atoms with Crippen LogP contribution in [0.4, 0.5) is 0 Å². The van der Waals surface area contributed by atoms with Crippen LogP contribution in [0.15, 0.2) is 48.7 Å². The number of rotatable bonds is 4. The first-order chi connectivity index (χ1) is 8.31. The lowest BCUT2D eigenvalue weighted by molar-refractivity contribution is 0.215. The van der Waals surface area contributed by atoms with Crippen LogP contribution in [0.2, 0.25) is 0 Å². The number of hydrogen-bond acceptors (Lipinski definition) is 3. The van der Waals surface area contributed by atoms with Gasteiger partial charge in [-0.1, -0.05) is 30.3 Å². The molecule has 2 aromatic rings. The minimum atomic E-state index is -0.653. The third kappa shape index (κ3) is 2.90. The molecule has 0 radical (unpaired) electrons. The fourth-order valence-corrected chi connectivity index (χ4v) is 1.73. The highest BCUT2D eigenvalue weighted by molar-refractivity contribution is 5.28. The molecule has 0 spiro atoms. The zero-order chi connectivity index (χ0) is 12.1. The Labute approximate surface area is 101 Å². The Bertz CT molecular complexity index is 453. The predicted octanol–water partition coefficient (Wildman–Crippen LogP) is 1.88. The molecule has 0 saturated heterocycles. The molecular formula is C14H16N2O. The summed E-state index contributed by atoms with van der Waals surface area (Å²) < 4.78 is 0. The molecule has 17 heavy (non-hydrogen) atoms. The van der Waals surface area contributed by atoms with Crippen molar-refractivity contribution in [2.24, 2.45) is 0 Å². The Morgan fingerprint density at radius 1 is 1.18 bits per heavy atom. The average molecular weight is 228 g/mol. The van der Waals surface area contributed by atoms with Crippen LogP contribution in [-0.2, 0) is 6.54 Å². The first-order valence-corrected chi connectivity index (χ1v) is 5.63. The van der Waals surface area contributed by atoms with Crippen LogP contribution in [0, 0.1) is 0 Å². The summed E-state index contributed by atoms with van der Waals surface area (Å²) in [5.41, 5.74) is 2.74. The number of nitrogens with zero attached hydrogens (tertiary/aromatic N) is 1. The molecule has 0 aliphatic carbocycles. The van der Waals surface area contributed by atoms with Crippen molar-refractivity contribution < 1.29 is 5.11 Å². The predicted molar refractivity (Wildman–Crippen MR) is 67.5 cm³/mol. The zero-order valence-corrected chi connectivity index (χ0v) is 9.80.